The zero-order valence-electron chi connectivity index (χ0n) is 16.2. The van der Waals surface area contributed by atoms with Crippen molar-refractivity contribution in [1.82, 2.24) is 0 Å². The summed E-state index contributed by atoms with van der Waals surface area (Å²) in [7, 11) is -4.11. The second kappa shape index (κ2) is 15.6. The lowest BCUT2D eigenvalue weighted by Gasteiger charge is -2.15. The van der Waals surface area contributed by atoms with E-state index in [4.69, 9.17) is 9.29 Å². The molecule has 25 heavy (non-hydrogen) atoms. The van der Waals surface area contributed by atoms with Gasteiger partial charge in [-0.2, -0.15) is 8.42 Å². The second-order valence-electron chi connectivity index (χ2n) is 7.01. The summed E-state index contributed by atoms with van der Waals surface area (Å²) in [6.45, 7) is 3.49. The average Bonchev–Trinajstić information content (AvgIpc) is 2.49. The highest BCUT2D eigenvalue weighted by Crippen LogP contribution is 2.14. The molecule has 0 aliphatic rings. The minimum atomic E-state index is -4.11. The molecule has 1 atom stereocenters. The van der Waals surface area contributed by atoms with Crippen LogP contribution in [-0.2, 0) is 19.6 Å². The third-order valence-electron chi connectivity index (χ3n) is 4.36. The molecule has 5 nitrogen and oxygen atoms in total. The molecule has 0 saturated heterocycles. The largest absolute Gasteiger partial charge is 0.461 e. The Morgan fingerprint density at radius 3 is 1.60 bits per heavy atom. The van der Waals surface area contributed by atoms with Gasteiger partial charge in [0.1, 0.15) is 11.9 Å². The highest BCUT2D eigenvalue weighted by Gasteiger charge is 2.19. The molecule has 0 bridgehead atoms. The molecule has 0 saturated carbocycles. The summed E-state index contributed by atoms with van der Waals surface area (Å²) in [4.78, 5) is 11.0. The van der Waals surface area contributed by atoms with E-state index in [1.807, 2.05) is 0 Å². The maximum Gasteiger partial charge on any atom is 0.302 e. The number of rotatable bonds is 17. The molecule has 0 aliphatic carbocycles. The third kappa shape index (κ3) is 19.6. The van der Waals surface area contributed by atoms with Crippen LogP contribution in [0.25, 0.3) is 0 Å². The van der Waals surface area contributed by atoms with Gasteiger partial charge >= 0.3 is 5.97 Å². The second-order valence-corrected chi connectivity index (χ2v) is 8.51. The van der Waals surface area contributed by atoms with E-state index in [1.54, 1.807) is 0 Å². The van der Waals surface area contributed by atoms with Crippen molar-refractivity contribution in [3.8, 4) is 0 Å². The molecule has 1 N–H and O–H groups in total. The predicted molar refractivity (Wildman–Crippen MR) is 102 cm³/mol. The Balaban J connectivity index is 3.52. The van der Waals surface area contributed by atoms with Gasteiger partial charge < -0.3 is 4.74 Å². The summed E-state index contributed by atoms with van der Waals surface area (Å²) in [6.07, 6.45) is 15.9. The van der Waals surface area contributed by atoms with Crippen molar-refractivity contribution < 1.29 is 22.5 Å². The SMILES string of the molecule is CCCCCCCCCCCCCCCC(CS(=O)(=O)O)OC(C)=O. The summed E-state index contributed by atoms with van der Waals surface area (Å²) in [5.74, 6) is -1.02. The van der Waals surface area contributed by atoms with Crippen molar-refractivity contribution >= 4 is 16.1 Å². The van der Waals surface area contributed by atoms with Crippen molar-refractivity contribution in [2.45, 2.75) is 110 Å². The van der Waals surface area contributed by atoms with Crippen LogP contribution in [0.1, 0.15) is 104 Å². The van der Waals surface area contributed by atoms with E-state index in [0.717, 1.165) is 19.3 Å². The molecule has 0 aromatic carbocycles. The van der Waals surface area contributed by atoms with Crippen molar-refractivity contribution in [1.29, 1.82) is 0 Å². The van der Waals surface area contributed by atoms with E-state index >= 15 is 0 Å². The van der Waals surface area contributed by atoms with Crippen LogP contribution in [-0.4, -0.2) is 30.8 Å². The van der Waals surface area contributed by atoms with Crippen LogP contribution in [0.3, 0.4) is 0 Å². The van der Waals surface area contributed by atoms with Crippen LogP contribution in [0.2, 0.25) is 0 Å². The number of carbonyl (C=O) groups excluding carboxylic acids is 1. The van der Waals surface area contributed by atoms with Gasteiger partial charge in [0.2, 0.25) is 0 Å². The Labute approximate surface area is 154 Å². The van der Waals surface area contributed by atoms with E-state index in [0.29, 0.717) is 6.42 Å². The first-order valence-electron chi connectivity index (χ1n) is 9.97. The quantitative estimate of drug-likeness (QED) is 0.211. The van der Waals surface area contributed by atoms with E-state index in [1.165, 1.54) is 71.1 Å². The maximum atomic E-state index is 11.0. The minimum Gasteiger partial charge on any atom is -0.461 e. The standard InChI is InChI=1S/C19H38O5S/c1-3-4-5-6-7-8-9-10-11-12-13-14-15-16-19(24-18(2)20)17-25(21,22)23/h19H,3-17H2,1-2H3,(H,21,22,23). The van der Waals surface area contributed by atoms with Gasteiger partial charge in [-0.3, -0.25) is 9.35 Å². The van der Waals surface area contributed by atoms with Crippen molar-refractivity contribution in [3.05, 3.63) is 0 Å². The number of esters is 1. The molecule has 150 valence electrons. The molecular formula is C19H38O5S. The summed E-state index contributed by atoms with van der Waals surface area (Å²) in [5.41, 5.74) is 0. The summed E-state index contributed by atoms with van der Waals surface area (Å²) >= 11 is 0. The van der Waals surface area contributed by atoms with Gasteiger partial charge in [-0.05, 0) is 12.8 Å². The molecule has 0 aromatic rings. The molecule has 0 radical (unpaired) electrons. The molecule has 0 aromatic heterocycles. The van der Waals surface area contributed by atoms with Crippen LogP contribution in [0.4, 0.5) is 0 Å². The van der Waals surface area contributed by atoms with Gasteiger partial charge in [-0.25, -0.2) is 0 Å². The molecule has 1 unspecified atom stereocenters. The molecular weight excluding hydrogens is 340 g/mol. The normalized spacial score (nSPS) is 12.9. The molecule has 6 heteroatoms. The Bertz CT molecular complexity index is 420. The summed E-state index contributed by atoms with van der Waals surface area (Å²) in [6, 6.07) is 0. The molecule has 0 rings (SSSR count). The minimum absolute atomic E-state index is 0.483. The van der Waals surface area contributed by atoms with Crippen molar-refractivity contribution in [2.24, 2.45) is 0 Å². The zero-order chi connectivity index (χ0) is 19.0. The number of hydrogen-bond donors (Lipinski definition) is 1. The lowest BCUT2D eigenvalue weighted by atomic mass is 10.0. The van der Waals surface area contributed by atoms with Crippen LogP contribution in [0.5, 0.6) is 0 Å². The lowest BCUT2D eigenvalue weighted by Crippen LogP contribution is -2.25. The topological polar surface area (TPSA) is 80.7 Å². The highest BCUT2D eigenvalue weighted by atomic mass is 32.2. The fourth-order valence-electron chi connectivity index (χ4n) is 3.04. The van der Waals surface area contributed by atoms with Crippen molar-refractivity contribution in [2.75, 3.05) is 5.75 Å². The van der Waals surface area contributed by atoms with Crippen molar-refractivity contribution in [3.63, 3.8) is 0 Å². The first-order chi connectivity index (χ1) is 11.8. The highest BCUT2D eigenvalue weighted by molar-refractivity contribution is 7.85. The molecule has 0 fully saturated rings. The Morgan fingerprint density at radius 2 is 1.24 bits per heavy atom. The van der Waals surface area contributed by atoms with Gasteiger partial charge in [0.05, 0.1) is 0 Å². The molecule has 0 spiro atoms. The van der Waals surface area contributed by atoms with E-state index < -0.39 is 27.9 Å². The van der Waals surface area contributed by atoms with E-state index in [-0.39, 0.29) is 0 Å². The Kier molecular flexibility index (Phi) is 15.2. The first kappa shape index (κ1) is 24.4. The predicted octanol–water partition coefficient (Wildman–Crippen LogP) is 5.29. The summed E-state index contributed by atoms with van der Waals surface area (Å²) < 4.78 is 35.7. The Hall–Kier alpha value is -0.620. The van der Waals surface area contributed by atoms with Crippen LogP contribution in [0.15, 0.2) is 0 Å². The van der Waals surface area contributed by atoms with Crippen LogP contribution >= 0.6 is 0 Å². The first-order valence-corrected chi connectivity index (χ1v) is 11.6. The Morgan fingerprint density at radius 1 is 0.840 bits per heavy atom. The maximum absolute atomic E-state index is 11.0. The zero-order valence-corrected chi connectivity index (χ0v) is 17.0. The molecule has 0 amide bonds. The molecule has 0 aliphatic heterocycles. The van der Waals surface area contributed by atoms with Gasteiger partial charge in [0.25, 0.3) is 10.1 Å². The fraction of sp³-hybridized carbons (Fsp3) is 0.947. The third-order valence-corrected chi connectivity index (χ3v) is 5.15. The number of carbonyl (C=O) groups is 1. The smallest absolute Gasteiger partial charge is 0.302 e. The van der Waals surface area contributed by atoms with Gasteiger partial charge in [0.15, 0.2) is 0 Å². The van der Waals surface area contributed by atoms with Gasteiger partial charge in [-0.15, -0.1) is 0 Å². The van der Waals surface area contributed by atoms with E-state index in [9.17, 15) is 13.2 Å². The van der Waals surface area contributed by atoms with Crippen LogP contribution in [0, 0.1) is 0 Å². The molecule has 0 heterocycles. The number of ether oxygens (including phenoxy) is 1. The lowest BCUT2D eigenvalue weighted by molar-refractivity contribution is -0.145. The van der Waals surface area contributed by atoms with E-state index in [2.05, 4.69) is 6.92 Å². The fourth-order valence-corrected chi connectivity index (χ4v) is 3.74. The monoisotopic (exact) mass is 378 g/mol. The van der Waals surface area contributed by atoms with Crippen LogP contribution < -0.4 is 0 Å². The number of hydrogen-bond acceptors (Lipinski definition) is 4. The summed E-state index contributed by atoms with van der Waals surface area (Å²) in [5, 5.41) is 0. The van der Waals surface area contributed by atoms with Gasteiger partial charge in [-0.1, -0.05) is 84.0 Å². The van der Waals surface area contributed by atoms with Gasteiger partial charge in [0, 0.05) is 6.92 Å². The average molecular weight is 379 g/mol. The number of unbranched alkanes of at least 4 members (excludes halogenated alkanes) is 12.